The Morgan fingerprint density at radius 2 is 1.86 bits per heavy atom. The zero-order valence-corrected chi connectivity index (χ0v) is 16.5. The number of aryl methyl sites for hydroxylation is 1. The molecule has 0 radical (unpaired) electrons. The molecule has 7 heteroatoms. The van der Waals surface area contributed by atoms with Crippen LogP contribution in [0.15, 0.2) is 76.8 Å². The molecule has 0 spiro atoms. The van der Waals surface area contributed by atoms with Crippen LogP contribution >= 0.6 is 11.8 Å². The van der Waals surface area contributed by atoms with Gasteiger partial charge in [0.1, 0.15) is 5.82 Å². The van der Waals surface area contributed by atoms with Crippen LogP contribution < -0.4 is 11.3 Å². The molecule has 144 valence electrons. The summed E-state index contributed by atoms with van der Waals surface area (Å²) in [4.78, 5) is 33.6. The maximum Gasteiger partial charge on any atom is 0.267 e. The van der Waals surface area contributed by atoms with Crippen LogP contribution in [0.25, 0.3) is 16.7 Å². The molecule has 0 unspecified atom stereocenters. The van der Waals surface area contributed by atoms with E-state index in [2.05, 4.69) is 4.98 Å². The Labute approximate surface area is 171 Å². The lowest BCUT2D eigenvalue weighted by atomic mass is 10.1. The van der Waals surface area contributed by atoms with Gasteiger partial charge in [0.25, 0.3) is 5.56 Å². The summed E-state index contributed by atoms with van der Waals surface area (Å²) in [6.45, 7) is 1.96. The van der Waals surface area contributed by atoms with Gasteiger partial charge in [-0.05, 0) is 54.4 Å². The molecule has 0 fully saturated rings. The molecular weight excluding hydrogens is 384 g/mol. The van der Waals surface area contributed by atoms with Gasteiger partial charge >= 0.3 is 0 Å². The molecule has 0 aliphatic rings. The van der Waals surface area contributed by atoms with E-state index in [-0.39, 0.29) is 5.56 Å². The van der Waals surface area contributed by atoms with Crippen LogP contribution in [0.1, 0.15) is 21.5 Å². The van der Waals surface area contributed by atoms with Crippen LogP contribution in [0, 0.1) is 6.92 Å². The van der Waals surface area contributed by atoms with Crippen LogP contribution in [0.4, 0.5) is 0 Å². The Morgan fingerprint density at radius 1 is 1.10 bits per heavy atom. The van der Waals surface area contributed by atoms with Gasteiger partial charge in [0.15, 0.2) is 5.16 Å². The van der Waals surface area contributed by atoms with Crippen LogP contribution in [-0.4, -0.2) is 20.4 Å². The summed E-state index contributed by atoms with van der Waals surface area (Å²) < 4.78 is 1.55. The molecule has 0 saturated heterocycles. The molecule has 0 saturated carbocycles. The van der Waals surface area contributed by atoms with E-state index in [9.17, 15) is 9.59 Å². The van der Waals surface area contributed by atoms with Gasteiger partial charge in [-0.25, -0.2) is 14.5 Å². The molecule has 0 aliphatic heterocycles. The normalized spacial score (nSPS) is 10.9. The second-order valence-electron chi connectivity index (χ2n) is 6.59. The number of nitrogens with zero attached hydrogens (tertiary/aromatic N) is 3. The maximum atomic E-state index is 13.2. The average molecular weight is 402 g/mol. The highest BCUT2D eigenvalue weighted by molar-refractivity contribution is 7.98. The van der Waals surface area contributed by atoms with Crippen LogP contribution in [0.3, 0.4) is 0 Å². The molecule has 0 atom stereocenters. The van der Waals surface area contributed by atoms with Crippen molar-refractivity contribution in [1.82, 2.24) is 14.5 Å². The highest BCUT2D eigenvalue weighted by Crippen LogP contribution is 2.24. The van der Waals surface area contributed by atoms with E-state index in [4.69, 9.17) is 10.7 Å². The van der Waals surface area contributed by atoms with E-state index < -0.39 is 5.91 Å². The molecule has 6 nitrogen and oxygen atoms in total. The second kappa shape index (κ2) is 7.89. The Bertz CT molecular complexity index is 1270. The van der Waals surface area contributed by atoms with E-state index in [1.807, 2.05) is 49.4 Å². The average Bonchev–Trinajstić information content (AvgIpc) is 2.72. The van der Waals surface area contributed by atoms with E-state index in [1.165, 1.54) is 11.8 Å². The third-order valence-corrected chi connectivity index (χ3v) is 5.49. The highest BCUT2D eigenvalue weighted by atomic mass is 32.2. The molecule has 2 heterocycles. The number of pyridine rings is 1. The minimum atomic E-state index is -0.459. The van der Waals surface area contributed by atoms with Gasteiger partial charge in [0, 0.05) is 17.5 Å². The summed E-state index contributed by atoms with van der Waals surface area (Å²) in [6, 6.07) is 18.1. The van der Waals surface area contributed by atoms with Crippen molar-refractivity contribution < 1.29 is 4.79 Å². The maximum absolute atomic E-state index is 13.2. The first-order chi connectivity index (χ1) is 14.0. The Balaban J connectivity index is 1.77. The predicted octanol–water partition coefficient (Wildman–Crippen LogP) is 3.48. The Hall–Kier alpha value is -3.45. The first kappa shape index (κ1) is 18.9. The van der Waals surface area contributed by atoms with Gasteiger partial charge in [-0.1, -0.05) is 36.0 Å². The van der Waals surface area contributed by atoms with Crippen LogP contribution in [0.2, 0.25) is 0 Å². The van der Waals surface area contributed by atoms with Gasteiger partial charge in [0.05, 0.1) is 10.9 Å². The minimum absolute atomic E-state index is 0.153. The third-order valence-electron chi connectivity index (χ3n) is 4.48. The second-order valence-corrected chi connectivity index (χ2v) is 7.54. The van der Waals surface area contributed by atoms with Crippen molar-refractivity contribution >= 4 is 28.6 Å². The lowest BCUT2D eigenvalue weighted by Crippen LogP contribution is -2.22. The van der Waals surface area contributed by atoms with Crippen molar-refractivity contribution in [2.45, 2.75) is 17.8 Å². The largest absolute Gasteiger partial charge is 0.366 e. The molecule has 2 aromatic carbocycles. The number of rotatable bonds is 5. The van der Waals surface area contributed by atoms with E-state index >= 15 is 0 Å². The third kappa shape index (κ3) is 3.90. The zero-order chi connectivity index (χ0) is 20.4. The fourth-order valence-electron chi connectivity index (χ4n) is 2.97. The van der Waals surface area contributed by atoms with Crippen LogP contribution in [0.5, 0.6) is 0 Å². The minimum Gasteiger partial charge on any atom is -0.366 e. The van der Waals surface area contributed by atoms with E-state index in [1.54, 1.807) is 29.0 Å². The van der Waals surface area contributed by atoms with Crippen LogP contribution in [-0.2, 0) is 5.75 Å². The molecule has 4 rings (SSSR count). The zero-order valence-electron chi connectivity index (χ0n) is 15.7. The molecule has 0 aliphatic carbocycles. The number of hydrogen-bond donors (Lipinski definition) is 1. The number of nitrogens with two attached hydrogens (primary N) is 1. The van der Waals surface area contributed by atoms with E-state index in [0.717, 1.165) is 11.1 Å². The molecule has 29 heavy (non-hydrogen) atoms. The number of primary amides is 1. The number of aromatic nitrogens is 3. The first-order valence-electron chi connectivity index (χ1n) is 8.99. The fourth-order valence-corrected chi connectivity index (χ4v) is 3.92. The van der Waals surface area contributed by atoms with Crippen molar-refractivity contribution in [2.24, 2.45) is 5.73 Å². The number of carbonyl (C=O) groups excluding carboxylic acids is 1. The van der Waals surface area contributed by atoms with Gasteiger partial charge in [-0.15, -0.1) is 0 Å². The lowest BCUT2D eigenvalue weighted by molar-refractivity contribution is 0.100. The number of amides is 1. The van der Waals surface area contributed by atoms with Crippen molar-refractivity contribution in [2.75, 3.05) is 0 Å². The molecule has 2 N–H and O–H groups in total. The van der Waals surface area contributed by atoms with Gasteiger partial charge in [-0.2, -0.15) is 0 Å². The molecule has 4 aromatic rings. The molecule has 0 bridgehead atoms. The molecular formula is C22H18N4O2S. The van der Waals surface area contributed by atoms with E-state index in [0.29, 0.717) is 33.2 Å². The lowest BCUT2D eigenvalue weighted by Gasteiger charge is -2.13. The number of thioether (sulfide) groups is 1. The summed E-state index contributed by atoms with van der Waals surface area (Å²) in [6.07, 6.45) is 1.68. The Morgan fingerprint density at radius 3 is 2.59 bits per heavy atom. The van der Waals surface area contributed by atoms with Crippen molar-refractivity contribution in [3.05, 3.63) is 93.9 Å². The predicted molar refractivity (Wildman–Crippen MR) is 114 cm³/mol. The van der Waals surface area contributed by atoms with Gasteiger partial charge < -0.3 is 5.73 Å². The summed E-state index contributed by atoms with van der Waals surface area (Å²) in [5, 5.41) is 1.11. The number of carbonyl (C=O) groups is 1. The molecule has 2 aromatic heterocycles. The van der Waals surface area contributed by atoms with Crippen molar-refractivity contribution in [3.63, 3.8) is 0 Å². The van der Waals surface area contributed by atoms with Gasteiger partial charge in [0.2, 0.25) is 5.91 Å². The summed E-state index contributed by atoms with van der Waals surface area (Å²) in [5.41, 5.74) is 8.25. The SMILES string of the molecule is Cc1ccnc(-n2c(SCc3ccc(C(N)=O)cc3)nc3ccccc3c2=O)c1. The number of benzene rings is 2. The quantitative estimate of drug-likeness (QED) is 0.408. The summed E-state index contributed by atoms with van der Waals surface area (Å²) in [7, 11) is 0. The number of fused-ring (bicyclic) bond motifs is 1. The van der Waals surface area contributed by atoms with Gasteiger partial charge in [-0.3, -0.25) is 9.59 Å². The highest BCUT2D eigenvalue weighted by Gasteiger charge is 2.14. The summed E-state index contributed by atoms with van der Waals surface area (Å²) in [5.74, 6) is 0.662. The standard InChI is InChI=1S/C22H18N4O2S/c1-14-10-11-24-19(12-14)26-21(28)17-4-2-3-5-18(17)25-22(26)29-13-15-6-8-16(9-7-15)20(23)27/h2-12H,13H2,1H3,(H2,23,27). The fraction of sp³-hybridized carbons (Fsp3) is 0.0909. The number of para-hydroxylation sites is 1. The topological polar surface area (TPSA) is 90.9 Å². The monoisotopic (exact) mass is 402 g/mol. The van der Waals surface area contributed by atoms with Crippen molar-refractivity contribution in [1.29, 1.82) is 0 Å². The number of hydrogen-bond acceptors (Lipinski definition) is 5. The molecule has 1 amide bonds. The first-order valence-corrected chi connectivity index (χ1v) is 9.98. The smallest absolute Gasteiger partial charge is 0.267 e. The Kier molecular flexibility index (Phi) is 5.14. The van der Waals surface area contributed by atoms with Crippen molar-refractivity contribution in [3.8, 4) is 5.82 Å². The summed E-state index contributed by atoms with van der Waals surface area (Å²) >= 11 is 1.44.